The van der Waals surface area contributed by atoms with Crippen LogP contribution in [-0.2, 0) is 0 Å². The van der Waals surface area contributed by atoms with Crippen LogP contribution in [-0.4, -0.2) is 11.7 Å². The molecule has 0 saturated carbocycles. The summed E-state index contributed by atoms with van der Waals surface area (Å²) in [5.41, 5.74) is 1.27. The van der Waals surface area contributed by atoms with E-state index in [2.05, 4.69) is 0 Å². The summed E-state index contributed by atoms with van der Waals surface area (Å²) in [5.74, 6) is 0. The molecule has 0 heterocycles. The Morgan fingerprint density at radius 3 is 2.60 bits per heavy atom. The van der Waals surface area contributed by atoms with E-state index in [1.54, 1.807) is 0 Å². The molecular formula is C8H13ClO. The minimum absolute atomic E-state index is 0.242. The van der Waals surface area contributed by atoms with Crippen molar-refractivity contribution in [3.8, 4) is 0 Å². The maximum Gasteiger partial charge on any atom is 0.0468 e. The van der Waals surface area contributed by atoms with Gasteiger partial charge in [-0.15, -0.1) is 0 Å². The Bertz CT molecular complexity index is 140. The summed E-state index contributed by atoms with van der Waals surface area (Å²) < 4.78 is 0. The Morgan fingerprint density at radius 1 is 1.30 bits per heavy atom. The van der Waals surface area contributed by atoms with Crippen LogP contribution in [0.15, 0.2) is 10.6 Å². The van der Waals surface area contributed by atoms with Crippen molar-refractivity contribution in [3.63, 3.8) is 0 Å². The second-order valence-corrected chi connectivity index (χ2v) is 3.15. The molecule has 2 heteroatoms. The number of hydrogen-bond acceptors (Lipinski definition) is 1. The van der Waals surface area contributed by atoms with Crippen LogP contribution >= 0.6 is 11.6 Å². The van der Waals surface area contributed by atoms with Gasteiger partial charge in [-0.3, -0.25) is 0 Å². The second-order valence-electron chi connectivity index (χ2n) is 2.69. The fourth-order valence-electron chi connectivity index (χ4n) is 1.33. The standard InChI is InChI=1S/C8H13ClO/c9-8-4-2-1-3-7(8)5-6-10/h10H,1-6H2. The summed E-state index contributed by atoms with van der Waals surface area (Å²) >= 11 is 5.93. The summed E-state index contributed by atoms with van der Waals surface area (Å²) in [6, 6.07) is 0. The quantitative estimate of drug-likeness (QED) is 0.658. The van der Waals surface area contributed by atoms with Gasteiger partial charge in [-0.05, 0) is 32.1 Å². The lowest BCUT2D eigenvalue weighted by Gasteiger charge is -2.14. The Kier molecular flexibility index (Phi) is 3.23. The molecule has 0 amide bonds. The molecule has 0 saturated heterocycles. The predicted molar refractivity (Wildman–Crippen MR) is 43.0 cm³/mol. The van der Waals surface area contributed by atoms with Crippen LogP contribution in [0.2, 0.25) is 0 Å². The zero-order chi connectivity index (χ0) is 7.40. The predicted octanol–water partition coefficient (Wildman–Crippen LogP) is 2.44. The van der Waals surface area contributed by atoms with Crippen LogP contribution in [0, 0.1) is 0 Å². The molecule has 0 aromatic carbocycles. The lowest BCUT2D eigenvalue weighted by atomic mass is 9.97. The van der Waals surface area contributed by atoms with E-state index in [0.717, 1.165) is 24.3 Å². The average molecular weight is 161 g/mol. The summed E-state index contributed by atoms with van der Waals surface area (Å²) in [7, 11) is 0. The molecule has 0 fully saturated rings. The van der Waals surface area contributed by atoms with Crippen molar-refractivity contribution in [3.05, 3.63) is 10.6 Å². The molecule has 0 aliphatic heterocycles. The smallest absolute Gasteiger partial charge is 0.0468 e. The van der Waals surface area contributed by atoms with Gasteiger partial charge in [0.25, 0.3) is 0 Å². The summed E-state index contributed by atoms with van der Waals surface area (Å²) in [5, 5.41) is 9.64. The largest absolute Gasteiger partial charge is 0.396 e. The van der Waals surface area contributed by atoms with Crippen molar-refractivity contribution in [1.29, 1.82) is 0 Å². The number of halogens is 1. The van der Waals surface area contributed by atoms with E-state index in [1.165, 1.54) is 18.4 Å². The van der Waals surface area contributed by atoms with Crippen LogP contribution in [0.5, 0.6) is 0 Å². The highest BCUT2D eigenvalue weighted by molar-refractivity contribution is 6.30. The Morgan fingerprint density at radius 2 is 2.00 bits per heavy atom. The topological polar surface area (TPSA) is 20.2 Å². The van der Waals surface area contributed by atoms with Gasteiger partial charge in [0.1, 0.15) is 0 Å². The number of rotatable bonds is 2. The third-order valence-electron chi connectivity index (χ3n) is 1.92. The number of hydrogen-bond donors (Lipinski definition) is 1. The van der Waals surface area contributed by atoms with Crippen molar-refractivity contribution in [1.82, 2.24) is 0 Å². The van der Waals surface area contributed by atoms with Crippen molar-refractivity contribution in [2.24, 2.45) is 0 Å². The number of allylic oxidation sites excluding steroid dienone is 1. The molecule has 10 heavy (non-hydrogen) atoms. The van der Waals surface area contributed by atoms with Crippen LogP contribution < -0.4 is 0 Å². The first-order valence-electron chi connectivity index (χ1n) is 3.82. The maximum atomic E-state index is 8.64. The third-order valence-corrected chi connectivity index (χ3v) is 2.38. The van der Waals surface area contributed by atoms with Crippen LogP contribution in [0.3, 0.4) is 0 Å². The molecule has 1 nitrogen and oxygen atoms in total. The molecule has 1 aliphatic rings. The van der Waals surface area contributed by atoms with Gasteiger partial charge in [0.15, 0.2) is 0 Å². The zero-order valence-electron chi connectivity index (χ0n) is 6.07. The van der Waals surface area contributed by atoms with E-state index in [0.29, 0.717) is 0 Å². The molecule has 0 radical (unpaired) electrons. The third kappa shape index (κ3) is 1.99. The molecule has 1 N–H and O–H groups in total. The zero-order valence-corrected chi connectivity index (χ0v) is 6.82. The highest BCUT2D eigenvalue weighted by Crippen LogP contribution is 2.28. The molecule has 0 unspecified atom stereocenters. The van der Waals surface area contributed by atoms with Crippen molar-refractivity contribution < 1.29 is 5.11 Å². The van der Waals surface area contributed by atoms with Crippen LogP contribution in [0.1, 0.15) is 32.1 Å². The first-order chi connectivity index (χ1) is 4.84. The minimum atomic E-state index is 0.242. The number of aliphatic hydroxyl groups is 1. The molecule has 58 valence electrons. The van der Waals surface area contributed by atoms with E-state index >= 15 is 0 Å². The van der Waals surface area contributed by atoms with E-state index < -0.39 is 0 Å². The summed E-state index contributed by atoms with van der Waals surface area (Å²) in [6.07, 6.45) is 5.36. The first-order valence-corrected chi connectivity index (χ1v) is 4.19. The van der Waals surface area contributed by atoms with Gasteiger partial charge in [0, 0.05) is 11.6 Å². The normalized spacial score (nSPS) is 19.8. The van der Waals surface area contributed by atoms with E-state index in [4.69, 9.17) is 16.7 Å². The average Bonchev–Trinajstić information content (AvgIpc) is 1.94. The minimum Gasteiger partial charge on any atom is -0.396 e. The van der Waals surface area contributed by atoms with Gasteiger partial charge in [-0.1, -0.05) is 17.2 Å². The van der Waals surface area contributed by atoms with Crippen molar-refractivity contribution in [2.75, 3.05) is 6.61 Å². The fourth-order valence-corrected chi connectivity index (χ4v) is 1.65. The molecular weight excluding hydrogens is 148 g/mol. The van der Waals surface area contributed by atoms with Gasteiger partial charge in [-0.25, -0.2) is 0 Å². The molecule has 0 aromatic heterocycles. The summed E-state index contributed by atoms with van der Waals surface area (Å²) in [6.45, 7) is 0.242. The SMILES string of the molecule is OCCC1=C(Cl)CCCC1. The molecule has 0 spiro atoms. The van der Waals surface area contributed by atoms with Gasteiger partial charge >= 0.3 is 0 Å². The lowest BCUT2D eigenvalue weighted by Crippen LogP contribution is -1.97. The van der Waals surface area contributed by atoms with Gasteiger partial charge in [0.2, 0.25) is 0 Å². The maximum absolute atomic E-state index is 8.64. The highest BCUT2D eigenvalue weighted by Gasteiger charge is 2.09. The molecule has 1 rings (SSSR count). The van der Waals surface area contributed by atoms with Gasteiger partial charge < -0.3 is 5.11 Å². The Hall–Kier alpha value is -0.0100. The van der Waals surface area contributed by atoms with Crippen molar-refractivity contribution in [2.45, 2.75) is 32.1 Å². The van der Waals surface area contributed by atoms with Crippen LogP contribution in [0.25, 0.3) is 0 Å². The fraction of sp³-hybridized carbons (Fsp3) is 0.750. The number of aliphatic hydroxyl groups excluding tert-OH is 1. The van der Waals surface area contributed by atoms with Gasteiger partial charge in [0.05, 0.1) is 0 Å². The van der Waals surface area contributed by atoms with E-state index in [9.17, 15) is 0 Å². The molecule has 0 bridgehead atoms. The molecule has 0 atom stereocenters. The van der Waals surface area contributed by atoms with Crippen LogP contribution in [0.4, 0.5) is 0 Å². The molecule has 0 aromatic rings. The first kappa shape index (κ1) is 8.09. The highest BCUT2D eigenvalue weighted by atomic mass is 35.5. The summed E-state index contributed by atoms with van der Waals surface area (Å²) in [4.78, 5) is 0. The second kappa shape index (κ2) is 3.99. The van der Waals surface area contributed by atoms with E-state index in [1.807, 2.05) is 0 Å². The van der Waals surface area contributed by atoms with E-state index in [-0.39, 0.29) is 6.61 Å². The monoisotopic (exact) mass is 160 g/mol. The van der Waals surface area contributed by atoms with Crippen molar-refractivity contribution >= 4 is 11.6 Å². The molecule has 1 aliphatic carbocycles. The Balaban J connectivity index is 2.50. The lowest BCUT2D eigenvalue weighted by molar-refractivity contribution is 0.296. The Labute approximate surface area is 66.7 Å². The van der Waals surface area contributed by atoms with Gasteiger partial charge in [-0.2, -0.15) is 0 Å².